The van der Waals surface area contributed by atoms with Crippen LogP contribution in [0.1, 0.15) is 5.69 Å². The molecule has 0 aliphatic carbocycles. The van der Waals surface area contributed by atoms with Gasteiger partial charge in [-0.15, -0.1) is 0 Å². The second kappa shape index (κ2) is 6.01. The van der Waals surface area contributed by atoms with Crippen molar-refractivity contribution in [2.75, 3.05) is 5.32 Å². The molecule has 0 radical (unpaired) electrons. The molecule has 1 aromatic carbocycles. The van der Waals surface area contributed by atoms with Gasteiger partial charge in [0, 0.05) is 28.1 Å². The van der Waals surface area contributed by atoms with E-state index in [9.17, 15) is 0 Å². The maximum absolute atomic E-state index is 5.35. The van der Waals surface area contributed by atoms with E-state index in [0.717, 1.165) is 26.8 Å². The molecule has 0 atom stereocenters. The number of fused-ring (bicyclic) bond motifs is 1. The van der Waals surface area contributed by atoms with Gasteiger partial charge in [-0.1, -0.05) is 33.2 Å². The second-order valence-corrected chi connectivity index (χ2v) is 6.13. The van der Waals surface area contributed by atoms with Gasteiger partial charge < -0.3 is 9.84 Å². The molecule has 0 unspecified atom stereocenters. The minimum Gasteiger partial charge on any atom is -0.339 e. The number of nitrogens with zero attached hydrogens (tertiary/aromatic N) is 4. The summed E-state index contributed by atoms with van der Waals surface area (Å²) in [5.74, 6) is 1.22. The predicted molar refractivity (Wildman–Crippen MR) is 95.0 cm³/mol. The van der Waals surface area contributed by atoms with Gasteiger partial charge in [-0.2, -0.15) is 4.98 Å². The fraction of sp³-hybridized carbons (Fsp3) is 0.0588. The van der Waals surface area contributed by atoms with Gasteiger partial charge in [-0.25, -0.2) is 4.98 Å². The van der Waals surface area contributed by atoms with Gasteiger partial charge in [0.15, 0.2) is 5.82 Å². The largest absolute Gasteiger partial charge is 0.339 e. The third-order valence-corrected chi connectivity index (χ3v) is 4.03. The number of nitrogens with one attached hydrogen (secondary N) is 1. The molecular formula is C17H12BrN5O. The Bertz CT molecular complexity index is 1020. The van der Waals surface area contributed by atoms with E-state index in [2.05, 4.69) is 41.4 Å². The van der Waals surface area contributed by atoms with Gasteiger partial charge in [0.1, 0.15) is 11.2 Å². The summed E-state index contributed by atoms with van der Waals surface area (Å²) in [4.78, 5) is 13.2. The van der Waals surface area contributed by atoms with Crippen molar-refractivity contribution in [2.45, 2.75) is 6.92 Å². The lowest BCUT2D eigenvalue weighted by Gasteiger charge is -2.08. The maximum atomic E-state index is 5.35. The maximum Gasteiger partial charge on any atom is 0.263 e. The monoisotopic (exact) mass is 381 g/mol. The van der Waals surface area contributed by atoms with E-state index in [1.807, 2.05) is 43.3 Å². The predicted octanol–water partition coefficient (Wildman–Crippen LogP) is 4.49. The first-order valence-corrected chi connectivity index (χ1v) is 8.07. The number of rotatable bonds is 3. The molecule has 0 saturated heterocycles. The van der Waals surface area contributed by atoms with Crippen LogP contribution in [0.15, 0.2) is 57.8 Å². The number of benzene rings is 1. The summed E-state index contributed by atoms with van der Waals surface area (Å²) in [5, 5.41) is 8.08. The summed E-state index contributed by atoms with van der Waals surface area (Å²) in [6.07, 6.45) is 3.44. The number of hydrogen-bond donors (Lipinski definition) is 1. The van der Waals surface area contributed by atoms with Crippen molar-refractivity contribution in [3.05, 3.63) is 59.0 Å². The Morgan fingerprint density at radius 2 is 1.92 bits per heavy atom. The smallest absolute Gasteiger partial charge is 0.263 e. The standard InChI is InChI=1S/C17H12BrN5O/c1-10-14-16(20-13-5-7-19-8-6-13)21-15(22-17(14)24-23-10)11-3-2-4-12(18)9-11/h2-9H,1H3,(H,19,20,21,22). The molecule has 0 aliphatic heterocycles. The van der Waals surface area contributed by atoms with Crippen LogP contribution < -0.4 is 5.32 Å². The molecule has 4 rings (SSSR count). The van der Waals surface area contributed by atoms with Crippen molar-refractivity contribution >= 4 is 38.5 Å². The molecule has 7 heteroatoms. The van der Waals surface area contributed by atoms with Crippen molar-refractivity contribution in [3.8, 4) is 11.4 Å². The van der Waals surface area contributed by atoms with Crippen molar-refractivity contribution in [1.82, 2.24) is 20.1 Å². The Kier molecular flexibility index (Phi) is 3.70. The second-order valence-electron chi connectivity index (χ2n) is 5.22. The molecule has 3 aromatic heterocycles. The van der Waals surface area contributed by atoms with Gasteiger partial charge in [-0.3, -0.25) is 4.98 Å². The highest BCUT2D eigenvalue weighted by Gasteiger charge is 2.16. The number of hydrogen-bond acceptors (Lipinski definition) is 6. The van der Waals surface area contributed by atoms with Gasteiger partial charge in [0.2, 0.25) is 0 Å². The Balaban J connectivity index is 1.88. The summed E-state index contributed by atoms with van der Waals surface area (Å²) in [7, 11) is 0. The van der Waals surface area contributed by atoms with Crippen molar-refractivity contribution in [2.24, 2.45) is 0 Å². The van der Waals surface area contributed by atoms with Crippen molar-refractivity contribution < 1.29 is 4.52 Å². The van der Waals surface area contributed by atoms with E-state index in [-0.39, 0.29) is 0 Å². The Hall–Kier alpha value is -2.80. The molecular weight excluding hydrogens is 370 g/mol. The summed E-state index contributed by atoms with van der Waals surface area (Å²) in [5.41, 5.74) is 2.96. The van der Waals surface area contributed by atoms with Crippen LogP contribution in [0.2, 0.25) is 0 Å². The normalized spacial score (nSPS) is 10.9. The third-order valence-electron chi connectivity index (χ3n) is 3.53. The first-order chi connectivity index (χ1) is 11.7. The number of anilines is 2. The molecule has 0 fully saturated rings. The molecule has 6 nitrogen and oxygen atoms in total. The molecule has 1 N–H and O–H groups in total. The fourth-order valence-corrected chi connectivity index (χ4v) is 2.81. The summed E-state index contributed by atoms with van der Waals surface area (Å²) >= 11 is 3.47. The molecule has 0 spiro atoms. The zero-order chi connectivity index (χ0) is 16.5. The Morgan fingerprint density at radius 3 is 2.71 bits per heavy atom. The van der Waals surface area contributed by atoms with Gasteiger partial charge >= 0.3 is 0 Å². The van der Waals surface area contributed by atoms with Gasteiger partial charge in [0.05, 0.1) is 5.69 Å². The van der Waals surface area contributed by atoms with E-state index >= 15 is 0 Å². The highest BCUT2D eigenvalue weighted by atomic mass is 79.9. The lowest BCUT2D eigenvalue weighted by atomic mass is 10.2. The van der Waals surface area contributed by atoms with Crippen LogP contribution in [0.25, 0.3) is 22.5 Å². The summed E-state index contributed by atoms with van der Waals surface area (Å²) in [6.45, 7) is 1.87. The number of pyridine rings is 1. The molecule has 0 bridgehead atoms. The number of halogens is 1. The average molecular weight is 382 g/mol. The SMILES string of the molecule is Cc1noc2nc(-c3cccc(Br)c3)nc(Nc3ccncc3)c12. The molecule has 0 aliphatic rings. The minimum atomic E-state index is 0.453. The molecule has 24 heavy (non-hydrogen) atoms. The Labute approximate surface area is 146 Å². The highest BCUT2D eigenvalue weighted by molar-refractivity contribution is 9.10. The van der Waals surface area contributed by atoms with E-state index in [1.54, 1.807) is 12.4 Å². The van der Waals surface area contributed by atoms with E-state index in [4.69, 9.17) is 4.52 Å². The number of aryl methyl sites for hydroxylation is 1. The molecule has 0 amide bonds. The molecule has 0 saturated carbocycles. The van der Waals surface area contributed by atoms with E-state index < -0.39 is 0 Å². The first kappa shape index (κ1) is 14.8. The van der Waals surface area contributed by atoms with Crippen molar-refractivity contribution in [3.63, 3.8) is 0 Å². The van der Waals surface area contributed by atoms with Crippen LogP contribution in [0.4, 0.5) is 11.5 Å². The van der Waals surface area contributed by atoms with Crippen LogP contribution in [0.5, 0.6) is 0 Å². The van der Waals surface area contributed by atoms with Gasteiger partial charge in [-0.05, 0) is 31.2 Å². The minimum absolute atomic E-state index is 0.453. The van der Waals surface area contributed by atoms with Crippen molar-refractivity contribution in [1.29, 1.82) is 0 Å². The van der Waals surface area contributed by atoms with Crippen LogP contribution in [-0.4, -0.2) is 20.1 Å². The van der Waals surface area contributed by atoms with E-state index in [0.29, 0.717) is 17.4 Å². The highest BCUT2D eigenvalue weighted by Crippen LogP contribution is 2.30. The lowest BCUT2D eigenvalue weighted by molar-refractivity contribution is 0.443. The zero-order valence-electron chi connectivity index (χ0n) is 12.7. The molecule has 3 heterocycles. The third kappa shape index (κ3) is 2.74. The quantitative estimate of drug-likeness (QED) is 0.563. The zero-order valence-corrected chi connectivity index (χ0v) is 14.3. The molecule has 4 aromatic rings. The molecule has 118 valence electrons. The average Bonchev–Trinajstić information content (AvgIpc) is 2.97. The van der Waals surface area contributed by atoms with Crippen LogP contribution in [-0.2, 0) is 0 Å². The topological polar surface area (TPSA) is 76.7 Å². The Morgan fingerprint density at radius 1 is 1.08 bits per heavy atom. The summed E-state index contributed by atoms with van der Waals surface area (Å²) in [6, 6.07) is 11.5. The van der Waals surface area contributed by atoms with Crippen LogP contribution in [0, 0.1) is 6.92 Å². The van der Waals surface area contributed by atoms with Crippen LogP contribution >= 0.6 is 15.9 Å². The van der Waals surface area contributed by atoms with Crippen LogP contribution in [0.3, 0.4) is 0 Å². The van der Waals surface area contributed by atoms with E-state index in [1.165, 1.54) is 0 Å². The fourth-order valence-electron chi connectivity index (χ4n) is 2.41. The lowest BCUT2D eigenvalue weighted by Crippen LogP contribution is -1.99. The summed E-state index contributed by atoms with van der Waals surface area (Å²) < 4.78 is 6.31. The first-order valence-electron chi connectivity index (χ1n) is 7.28. The van der Waals surface area contributed by atoms with Gasteiger partial charge in [0.25, 0.3) is 5.71 Å². The number of aromatic nitrogens is 4.